The van der Waals surface area contributed by atoms with E-state index >= 15 is 0 Å². The standard InChI is InChI=1S/C16H28N2Si/c1-18(15-9-11-17-12-10-15)13-14-5-7-16(8-6-14)19(2,3)4/h5-8,15,17H,9-13H2,1-4H3. The van der Waals surface area contributed by atoms with Gasteiger partial charge in [0, 0.05) is 12.6 Å². The molecule has 0 saturated carbocycles. The molecule has 1 saturated heterocycles. The number of piperidine rings is 1. The van der Waals surface area contributed by atoms with E-state index in [9.17, 15) is 0 Å². The molecule has 1 aliphatic heterocycles. The maximum Gasteiger partial charge on any atom is 0.0775 e. The van der Waals surface area contributed by atoms with E-state index in [1.165, 1.54) is 31.5 Å². The minimum Gasteiger partial charge on any atom is -0.317 e. The Labute approximate surface area is 119 Å². The Hall–Kier alpha value is -0.643. The fourth-order valence-electron chi connectivity index (χ4n) is 2.77. The highest BCUT2D eigenvalue weighted by Crippen LogP contribution is 2.13. The van der Waals surface area contributed by atoms with Crippen molar-refractivity contribution < 1.29 is 0 Å². The lowest BCUT2D eigenvalue weighted by Crippen LogP contribution is -2.41. The molecule has 0 spiro atoms. The summed E-state index contributed by atoms with van der Waals surface area (Å²) in [7, 11) is 1.12. The third-order valence-corrected chi connectivity index (χ3v) is 6.25. The van der Waals surface area contributed by atoms with Crippen LogP contribution in [0.1, 0.15) is 18.4 Å². The Morgan fingerprint density at radius 1 is 1.11 bits per heavy atom. The Kier molecular flexibility index (Phi) is 4.82. The summed E-state index contributed by atoms with van der Waals surface area (Å²) in [6.07, 6.45) is 2.56. The van der Waals surface area contributed by atoms with Crippen molar-refractivity contribution >= 4 is 13.3 Å². The number of hydrogen-bond acceptors (Lipinski definition) is 2. The van der Waals surface area contributed by atoms with Gasteiger partial charge in [0.15, 0.2) is 0 Å². The van der Waals surface area contributed by atoms with Crippen LogP contribution in [-0.2, 0) is 6.54 Å². The summed E-state index contributed by atoms with van der Waals surface area (Å²) in [5, 5.41) is 4.99. The molecule has 1 N–H and O–H groups in total. The summed E-state index contributed by atoms with van der Waals surface area (Å²) in [6, 6.07) is 10.1. The van der Waals surface area contributed by atoms with Crippen molar-refractivity contribution in [3.8, 4) is 0 Å². The van der Waals surface area contributed by atoms with Gasteiger partial charge < -0.3 is 5.32 Å². The Morgan fingerprint density at radius 2 is 1.68 bits per heavy atom. The quantitative estimate of drug-likeness (QED) is 0.850. The van der Waals surface area contributed by atoms with E-state index < -0.39 is 8.07 Å². The van der Waals surface area contributed by atoms with Gasteiger partial charge in [-0.05, 0) is 38.5 Å². The first-order chi connectivity index (χ1) is 8.97. The topological polar surface area (TPSA) is 15.3 Å². The maximum absolute atomic E-state index is 3.44. The van der Waals surface area contributed by atoms with Crippen LogP contribution in [0.25, 0.3) is 0 Å². The smallest absolute Gasteiger partial charge is 0.0775 e. The Bertz CT molecular complexity index is 388. The lowest BCUT2D eigenvalue weighted by atomic mass is 10.0. The van der Waals surface area contributed by atoms with Crippen molar-refractivity contribution in [1.29, 1.82) is 0 Å². The largest absolute Gasteiger partial charge is 0.317 e. The van der Waals surface area contributed by atoms with E-state index in [0.29, 0.717) is 0 Å². The third-order valence-electron chi connectivity index (χ3n) is 4.18. The minimum atomic E-state index is -1.15. The molecule has 0 bridgehead atoms. The Balaban J connectivity index is 1.95. The predicted molar refractivity (Wildman–Crippen MR) is 86.8 cm³/mol. The second-order valence-electron chi connectivity index (χ2n) is 6.84. The van der Waals surface area contributed by atoms with Crippen LogP contribution >= 0.6 is 0 Å². The maximum atomic E-state index is 3.44. The van der Waals surface area contributed by atoms with E-state index in [1.54, 1.807) is 5.19 Å². The van der Waals surface area contributed by atoms with Gasteiger partial charge in [0.05, 0.1) is 8.07 Å². The molecule has 2 rings (SSSR count). The second-order valence-corrected chi connectivity index (χ2v) is 11.9. The van der Waals surface area contributed by atoms with Crippen molar-refractivity contribution in [3.05, 3.63) is 29.8 Å². The molecule has 1 aromatic rings. The van der Waals surface area contributed by atoms with Gasteiger partial charge in [0.2, 0.25) is 0 Å². The van der Waals surface area contributed by atoms with Crippen molar-refractivity contribution in [2.75, 3.05) is 20.1 Å². The van der Waals surface area contributed by atoms with E-state index in [0.717, 1.165) is 12.6 Å². The highest BCUT2D eigenvalue weighted by Gasteiger charge is 2.18. The number of benzene rings is 1. The van der Waals surface area contributed by atoms with Crippen LogP contribution in [0.5, 0.6) is 0 Å². The zero-order valence-electron chi connectivity index (χ0n) is 12.9. The van der Waals surface area contributed by atoms with Crippen LogP contribution in [0.3, 0.4) is 0 Å². The summed E-state index contributed by atoms with van der Waals surface area (Å²) < 4.78 is 0. The van der Waals surface area contributed by atoms with Gasteiger partial charge in [-0.3, -0.25) is 4.90 Å². The lowest BCUT2D eigenvalue weighted by Gasteiger charge is -2.31. The van der Waals surface area contributed by atoms with Gasteiger partial charge in [-0.1, -0.05) is 49.1 Å². The number of nitrogens with zero attached hydrogens (tertiary/aromatic N) is 1. The highest BCUT2D eigenvalue weighted by atomic mass is 28.3. The molecular weight excluding hydrogens is 248 g/mol. The van der Waals surface area contributed by atoms with Crippen LogP contribution in [0.4, 0.5) is 0 Å². The fourth-order valence-corrected chi connectivity index (χ4v) is 3.94. The zero-order chi connectivity index (χ0) is 13.9. The van der Waals surface area contributed by atoms with Crippen LogP contribution in [-0.4, -0.2) is 39.2 Å². The van der Waals surface area contributed by atoms with E-state index in [-0.39, 0.29) is 0 Å². The average Bonchev–Trinajstić information content (AvgIpc) is 2.39. The van der Waals surface area contributed by atoms with Gasteiger partial charge in [-0.2, -0.15) is 0 Å². The molecule has 1 heterocycles. The van der Waals surface area contributed by atoms with Gasteiger partial charge >= 0.3 is 0 Å². The van der Waals surface area contributed by atoms with Gasteiger partial charge in [-0.25, -0.2) is 0 Å². The monoisotopic (exact) mass is 276 g/mol. The molecule has 0 atom stereocenters. The molecule has 106 valence electrons. The molecule has 0 aliphatic carbocycles. The van der Waals surface area contributed by atoms with Crippen LogP contribution in [0.15, 0.2) is 24.3 Å². The lowest BCUT2D eigenvalue weighted by molar-refractivity contribution is 0.192. The van der Waals surface area contributed by atoms with Gasteiger partial charge in [0.25, 0.3) is 0 Å². The molecule has 3 heteroatoms. The molecule has 0 aromatic heterocycles. The summed E-state index contributed by atoms with van der Waals surface area (Å²) in [6.45, 7) is 10.6. The molecule has 1 aromatic carbocycles. The summed E-state index contributed by atoms with van der Waals surface area (Å²) in [5.41, 5.74) is 1.45. The van der Waals surface area contributed by atoms with Crippen molar-refractivity contribution in [2.45, 2.75) is 45.1 Å². The molecule has 1 aliphatic rings. The molecule has 1 fully saturated rings. The van der Waals surface area contributed by atoms with Crippen LogP contribution in [0.2, 0.25) is 19.6 Å². The first kappa shape index (κ1) is 14.8. The number of rotatable bonds is 4. The number of nitrogens with one attached hydrogen (secondary N) is 1. The minimum absolute atomic E-state index is 0.748. The molecule has 0 unspecified atom stereocenters. The zero-order valence-corrected chi connectivity index (χ0v) is 13.9. The van der Waals surface area contributed by atoms with Crippen LogP contribution in [0, 0.1) is 0 Å². The molecule has 19 heavy (non-hydrogen) atoms. The van der Waals surface area contributed by atoms with Crippen molar-refractivity contribution in [3.63, 3.8) is 0 Å². The normalized spacial score (nSPS) is 17.9. The van der Waals surface area contributed by atoms with Gasteiger partial charge in [-0.15, -0.1) is 0 Å². The fraction of sp³-hybridized carbons (Fsp3) is 0.625. The average molecular weight is 277 g/mol. The van der Waals surface area contributed by atoms with E-state index in [4.69, 9.17) is 0 Å². The van der Waals surface area contributed by atoms with Crippen molar-refractivity contribution in [2.24, 2.45) is 0 Å². The molecule has 0 amide bonds. The second kappa shape index (κ2) is 6.20. The van der Waals surface area contributed by atoms with Crippen LogP contribution < -0.4 is 10.5 Å². The highest BCUT2D eigenvalue weighted by molar-refractivity contribution is 6.88. The third kappa shape index (κ3) is 4.16. The first-order valence-corrected chi connectivity index (χ1v) is 11.0. The number of hydrogen-bond donors (Lipinski definition) is 1. The summed E-state index contributed by atoms with van der Waals surface area (Å²) in [4.78, 5) is 2.52. The van der Waals surface area contributed by atoms with E-state index in [2.05, 4.69) is 61.2 Å². The summed E-state index contributed by atoms with van der Waals surface area (Å²) >= 11 is 0. The Morgan fingerprint density at radius 3 is 2.21 bits per heavy atom. The SMILES string of the molecule is CN(Cc1ccc([Si](C)(C)C)cc1)C1CCNCC1. The van der Waals surface area contributed by atoms with Crippen molar-refractivity contribution in [1.82, 2.24) is 10.2 Å². The molecule has 2 nitrogen and oxygen atoms in total. The van der Waals surface area contributed by atoms with E-state index in [1.807, 2.05) is 0 Å². The van der Waals surface area contributed by atoms with Gasteiger partial charge in [0.1, 0.15) is 0 Å². The summed E-state index contributed by atoms with van der Waals surface area (Å²) in [5.74, 6) is 0. The first-order valence-electron chi connectivity index (χ1n) is 7.47. The predicted octanol–water partition coefficient (Wildman–Crippen LogP) is 2.42. The molecular formula is C16H28N2Si. The molecule has 0 radical (unpaired) electrons.